The van der Waals surface area contributed by atoms with E-state index in [0.717, 1.165) is 0 Å². The summed E-state index contributed by atoms with van der Waals surface area (Å²) in [6.07, 6.45) is 0. The molecule has 0 aliphatic rings. The first-order chi connectivity index (χ1) is 1.41. The second-order valence-corrected chi connectivity index (χ2v) is 1.37. The van der Waals surface area contributed by atoms with E-state index < -0.39 is 0 Å². The second kappa shape index (κ2) is 8.96. The molecule has 0 nitrogen and oxygen atoms in total. The van der Waals surface area contributed by atoms with Gasteiger partial charge in [-0.15, -0.1) is 0 Å². The molecule has 0 aromatic rings. The average molecular weight is 145 g/mol. The average Bonchev–Trinajstić information content (AvgIpc) is 0.918. The Morgan fingerprint density at radius 2 is 1.75 bits per heavy atom. The Morgan fingerprint density at radius 3 is 1.75 bits per heavy atom. The first-order valence-corrected chi connectivity index (χ1v) is 2.75. The quantitative estimate of drug-likeness (QED) is 0.409. The third-order valence-corrected chi connectivity index (χ3v) is 0. The van der Waals surface area contributed by atoms with Crippen molar-refractivity contribution in [1.29, 1.82) is 0 Å². The van der Waals surface area contributed by atoms with Crippen LogP contribution in [0.4, 0.5) is 0 Å². The van der Waals surface area contributed by atoms with Gasteiger partial charge in [0.05, 0.1) is 0 Å². The van der Waals surface area contributed by atoms with Gasteiger partial charge in [0.25, 0.3) is 0 Å². The Kier molecular flexibility index (Phi) is 19.9. The van der Waals surface area contributed by atoms with Gasteiger partial charge in [-0.2, -0.15) is 0 Å². The normalized spacial score (nSPS) is 5.25. The standard InChI is InChI=1S/CH3.BH2.Co.Ni/h1H3;1H2;;/q;+1;-1;. The van der Waals surface area contributed by atoms with Crippen LogP contribution in [0.1, 0.15) is 0 Å². The monoisotopic (exact) mass is 145 g/mol. The van der Waals surface area contributed by atoms with E-state index in [9.17, 15) is 0 Å². The Bertz CT molecular complexity index is 8.00. The molecule has 0 aromatic heterocycles. The van der Waals surface area contributed by atoms with Gasteiger partial charge in [0.2, 0.25) is 0 Å². The molecule has 0 amide bonds. The molecular formula is CH5BCoNi. The van der Waals surface area contributed by atoms with Crippen molar-refractivity contribution in [3.63, 3.8) is 0 Å². The predicted molar refractivity (Wildman–Crippen MR) is 14.4 cm³/mol. The van der Waals surface area contributed by atoms with Crippen molar-refractivity contribution in [1.82, 2.24) is 0 Å². The predicted octanol–water partition coefficient (Wildman–Crippen LogP) is -0.337. The van der Waals surface area contributed by atoms with E-state index in [-0.39, 0.29) is 16.5 Å². The van der Waals surface area contributed by atoms with Crippen molar-refractivity contribution in [3.8, 4) is 0 Å². The van der Waals surface area contributed by atoms with E-state index in [1.807, 2.05) is 0 Å². The number of hydrogen-bond acceptors (Lipinski definition) is 0. The van der Waals surface area contributed by atoms with Gasteiger partial charge in [-0.3, -0.25) is 0 Å². The van der Waals surface area contributed by atoms with Crippen molar-refractivity contribution >= 4 is 6.70 Å². The van der Waals surface area contributed by atoms with Crippen LogP contribution in [0.15, 0.2) is 0 Å². The van der Waals surface area contributed by atoms with E-state index in [1.165, 1.54) is 14.5 Å². The molecule has 31 valence electrons. The van der Waals surface area contributed by atoms with E-state index in [2.05, 4.69) is 12.6 Å². The maximum Gasteiger partial charge on any atom is 0 e. The summed E-state index contributed by atoms with van der Waals surface area (Å²) in [5, 5.41) is 0. The summed E-state index contributed by atoms with van der Waals surface area (Å²) in [6, 6.07) is 0. The van der Waals surface area contributed by atoms with Gasteiger partial charge in [-0.1, -0.05) is 0 Å². The van der Waals surface area contributed by atoms with Crippen LogP contribution in [0.2, 0.25) is 5.86 Å². The number of rotatable bonds is 0. The molecule has 0 fully saturated rings. The second-order valence-electron chi connectivity index (χ2n) is 0.333. The Morgan fingerprint density at radius 1 is 1.75 bits per heavy atom. The zero-order chi connectivity index (χ0) is 2.71. The van der Waals surface area contributed by atoms with Crippen LogP contribution in [-0.2, 0) is 31.0 Å². The summed E-state index contributed by atoms with van der Waals surface area (Å²) >= 11 is 1.44. The largest absolute Gasteiger partial charge is 0 e. The van der Waals surface area contributed by atoms with Crippen molar-refractivity contribution in [3.05, 3.63) is 0 Å². The van der Waals surface area contributed by atoms with Crippen molar-refractivity contribution in [2.45, 2.75) is 5.86 Å². The molecule has 0 heterocycles. The zero-order valence-corrected chi connectivity index (χ0v) is 4.68. The minimum atomic E-state index is 0. The molecule has 0 saturated carbocycles. The molecular weight excluding hydrogens is 140 g/mol. The van der Waals surface area contributed by atoms with Crippen LogP contribution in [0.5, 0.6) is 0 Å². The first kappa shape index (κ1) is 8.91. The summed E-state index contributed by atoms with van der Waals surface area (Å²) in [5.74, 6) is 2.09. The molecule has 0 radical (unpaired) electrons. The van der Waals surface area contributed by atoms with Crippen LogP contribution in [0, 0.1) is 0 Å². The molecule has 0 aliphatic carbocycles. The molecule has 0 N–H and O–H groups in total. The summed E-state index contributed by atoms with van der Waals surface area (Å²) in [6.45, 7) is 2.09. The van der Waals surface area contributed by atoms with Gasteiger partial charge in [0, 0.05) is 16.5 Å². The van der Waals surface area contributed by atoms with E-state index in [1.54, 1.807) is 0 Å². The van der Waals surface area contributed by atoms with Gasteiger partial charge in [0.15, 0.2) is 0 Å². The molecule has 3 heteroatoms. The van der Waals surface area contributed by atoms with Crippen LogP contribution in [-0.4, -0.2) is 6.70 Å². The minimum absolute atomic E-state index is 0. The van der Waals surface area contributed by atoms with E-state index >= 15 is 0 Å². The molecule has 0 saturated heterocycles. The molecule has 0 rings (SSSR count). The fourth-order valence-corrected chi connectivity index (χ4v) is 0. The maximum atomic E-state index is 2.09. The first-order valence-electron chi connectivity index (χ1n) is 0.667. The fourth-order valence-electron chi connectivity index (χ4n) is 0. The van der Waals surface area contributed by atoms with Gasteiger partial charge in [0.1, 0.15) is 0 Å². The van der Waals surface area contributed by atoms with Crippen LogP contribution >= 0.6 is 0 Å². The molecule has 0 atom stereocenters. The van der Waals surface area contributed by atoms with Gasteiger partial charge < -0.3 is 0 Å². The Balaban J connectivity index is 0. The van der Waals surface area contributed by atoms with Crippen molar-refractivity contribution < 1.29 is 31.0 Å². The minimum Gasteiger partial charge on any atom is 0 e. The Hall–Kier alpha value is 1.06. The zero-order valence-electron chi connectivity index (χ0n) is 2.65. The molecule has 0 aliphatic heterocycles. The van der Waals surface area contributed by atoms with Crippen molar-refractivity contribution in [2.24, 2.45) is 0 Å². The fraction of sp³-hybridized carbons (Fsp3) is 1.00. The molecule has 0 aromatic carbocycles. The SMILES string of the molecule is [BH2][Co][CH3].[Ni]. The van der Waals surface area contributed by atoms with Crippen LogP contribution in [0.25, 0.3) is 0 Å². The summed E-state index contributed by atoms with van der Waals surface area (Å²) in [7, 11) is 0. The smallest absolute Gasteiger partial charge is 0 e. The van der Waals surface area contributed by atoms with Gasteiger partial charge in [-0.25, -0.2) is 0 Å². The molecule has 0 unspecified atom stereocenters. The molecule has 0 spiro atoms. The number of hydrogen-bond donors (Lipinski definition) is 0. The van der Waals surface area contributed by atoms with Crippen molar-refractivity contribution in [2.75, 3.05) is 0 Å². The van der Waals surface area contributed by atoms with E-state index in [0.29, 0.717) is 0 Å². The topological polar surface area (TPSA) is 0 Å². The summed E-state index contributed by atoms with van der Waals surface area (Å²) < 4.78 is 0. The molecule has 4 heavy (non-hydrogen) atoms. The summed E-state index contributed by atoms with van der Waals surface area (Å²) in [5.41, 5.74) is 0. The third kappa shape index (κ3) is 11.5. The van der Waals surface area contributed by atoms with Crippen LogP contribution in [0.3, 0.4) is 0 Å². The third-order valence-electron chi connectivity index (χ3n) is 0. The maximum absolute atomic E-state index is 2.09. The van der Waals surface area contributed by atoms with E-state index in [4.69, 9.17) is 0 Å². The Labute approximate surface area is 43.9 Å². The molecule has 0 bridgehead atoms. The van der Waals surface area contributed by atoms with Gasteiger partial charge >= 0.3 is 27.1 Å². The van der Waals surface area contributed by atoms with Gasteiger partial charge in [-0.05, 0) is 0 Å². The summed E-state index contributed by atoms with van der Waals surface area (Å²) in [4.78, 5) is 0. The van der Waals surface area contributed by atoms with Crippen LogP contribution < -0.4 is 0 Å².